The number of hydrogen-bond donors (Lipinski definition) is 2. The monoisotopic (exact) mass is 378 g/mol. The molecule has 0 unspecified atom stereocenters. The Hall–Kier alpha value is -2.91. The minimum Gasteiger partial charge on any atom is -0.381 e. The van der Waals surface area contributed by atoms with Crippen LogP contribution >= 0.6 is 0 Å². The van der Waals surface area contributed by atoms with Gasteiger partial charge in [0, 0.05) is 31.6 Å². The molecule has 146 valence electrons. The van der Waals surface area contributed by atoms with E-state index in [-0.39, 0.29) is 11.8 Å². The van der Waals surface area contributed by atoms with Gasteiger partial charge in [-0.3, -0.25) is 4.79 Å². The van der Waals surface area contributed by atoms with E-state index >= 15 is 0 Å². The van der Waals surface area contributed by atoms with Gasteiger partial charge in [-0.25, -0.2) is 4.98 Å². The van der Waals surface area contributed by atoms with Crippen LogP contribution in [0.1, 0.15) is 54.1 Å². The number of pyridine rings is 1. The van der Waals surface area contributed by atoms with E-state index in [9.17, 15) is 4.79 Å². The number of nitrogens with one attached hydrogen (secondary N) is 2. The van der Waals surface area contributed by atoms with Crippen molar-refractivity contribution in [2.45, 2.75) is 32.6 Å². The number of carbonyl (C=O) groups excluding carboxylic acids is 1. The molecule has 0 atom stereocenters. The summed E-state index contributed by atoms with van der Waals surface area (Å²) in [6.07, 6.45) is 3.60. The lowest BCUT2D eigenvalue weighted by Crippen LogP contribution is -2.32. The van der Waals surface area contributed by atoms with E-state index < -0.39 is 0 Å². The fourth-order valence-corrected chi connectivity index (χ4v) is 3.30. The van der Waals surface area contributed by atoms with Gasteiger partial charge < -0.3 is 15.4 Å². The van der Waals surface area contributed by atoms with Gasteiger partial charge >= 0.3 is 0 Å². The average molecular weight is 378 g/mol. The zero-order valence-electron chi connectivity index (χ0n) is 16.4. The van der Waals surface area contributed by atoms with Crippen LogP contribution in [0.2, 0.25) is 0 Å². The zero-order chi connectivity index (χ0) is 19.9. The number of nitrogens with zero attached hydrogens (tertiary/aromatic N) is 2. The Kier molecular flexibility index (Phi) is 6.62. The molecule has 0 saturated carbocycles. The summed E-state index contributed by atoms with van der Waals surface area (Å²) >= 11 is 0. The minimum atomic E-state index is -0.0827. The highest BCUT2D eigenvalue weighted by atomic mass is 16.5. The van der Waals surface area contributed by atoms with Crippen molar-refractivity contribution < 1.29 is 9.53 Å². The summed E-state index contributed by atoms with van der Waals surface area (Å²) in [5.74, 6) is 1.22. The predicted molar refractivity (Wildman–Crippen MR) is 109 cm³/mol. The average Bonchev–Trinajstić information content (AvgIpc) is 2.72. The molecule has 0 spiro atoms. The molecule has 1 saturated heterocycles. The summed E-state index contributed by atoms with van der Waals surface area (Å²) in [6, 6.07) is 11.3. The van der Waals surface area contributed by atoms with Crippen LogP contribution in [0.15, 0.2) is 36.5 Å². The summed E-state index contributed by atoms with van der Waals surface area (Å²) in [7, 11) is 0. The molecule has 2 aromatic rings. The number of benzene rings is 1. The fourth-order valence-electron chi connectivity index (χ4n) is 3.30. The second-order valence-corrected chi connectivity index (χ2v) is 7.39. The normalized spacial score (nSPS) is 14.5. The molecule has 1 aromatic carbocycles. The van der Waals surface area contributed by atoms with E-state index in [0.29, 0.717) is 29.4 Å². The first-order chi connectivity index (χ1) is 13.6. The van der Waals surface area contributed by atoms with Gasteiger partial charge in [-0.05, 0) is 54.5 Å². The Balaban J connectivity index is 1.73. The van der Waals surface area contributed by atoms with Gasteiger partial charge in [-0.2, -0.15) is 5.26 Å². The number of hydrogen-bond acceptors (Lipinski definition) is 5. The predicted octanol–water partition coefficient (Wildman–Crippen LogP) is 3.98. The van der Waals surface area contributed by atoms with Crippen molar-refractivity contribution >= 4 is 17.4 Å². The largest absolute Gasteiger partial charge is 0.381 e. The molecule has 28 heavy (non-hydrogen) atoms. The second-order valence-electron chi connectivity index (χ2n) is 7.39. The van der Waals surface area contributed by atoms with E-state index in [1.807, 2.05) is 18.2 Å². The van der Waals surface area contributed by atoms with Gasteiger partial charge in [0.25, 0.3) is 5.91 Å². The Morgan fingerprint density at radius 2 is 2.11 bits per heavy atom. The van der Waals surface area contributed by atoms with E-state index in [1.54, 1.807) is 18.3 Å². The first-order valence-electron chi connectivity index (χ1n) is 9.70. The lowest BCUT2D eigenvalue weighted by molar-refractivity contribution is 0.0642. The van der Waals surface area contributed by atoms with Crippen LogP contribution in [0, 0.1) is 17.2 Å². The van der Waals surface area contributed by atoms with Gasteiger partial charge in [0.2, 0.25) is 0 Å². The van der Waals surface area contributed by atoms with Crippen molar-refractivity contribution in [3.8, 4) is 6.07 Å². The van der Waals surface area contributed by atoms with Crippen LogP contribution in [0.5, 0.6) is 0 Å². The quantitative estimate of drug-likeness (QED) is 0.794. The summed E-state index contributed by atoms with van der Waals surface area (Å²) in [5, 5.41) is 15.3. The number of anilines is 2. The lowest BCUT2D eigenvalue weighted by Gasteiger charge is -2.22. The Morgan fingerprint density at radius 3 is 2.82 bits per heavy atom. The third kappa shape index (κ3) is 5.08. The summed E-state index contributed by atoms with van der Waals surface area (Å²) < 4.78 is 5.37. The maximum absolute atomic E-state index is 12.7. The number of ether oxygens (including phenoxy) is 1. The smallest absolute Gasteiger partial charge is 0.253 e. The van der Waals surface area contributed by atoms with Crippen molar-refractivity contribution in [1.29, 1.82) is 5.26 Å². The Bertz CT molecular complexity index is 867. The van der Waals surface area contributed by atoms with Crippen molar-refractivity contribution in [3.05, 3.63) is 53.2 Å². The Morgan fingerprint density at radius 1 is 1.32 bits per heavy atom. The highest BCUT2D eigenvalue weighted by Gasteiger charge is 2.18. The molecule has 2 N–H and O–H groups in total. The van der Waals surface area contributed by atoms with Gasteiger partial charge in [-0.1, -0.05) is 19.9 Å². The van der Waals surface area contributed by atoms with Crippen molar-refractivity contribution in [2.24, 2.45) is 5.92 Å². The Labute approximate surface area is 165 Å². The lowest BCUT2D eigenvalue weighted by atomic mass is 9.97. The number of aromatic nitrogens is 1. The SMILES string of the molecule is CC(C)c1cc(Nc2cccc(C#N)c2)ncc1C(=O)NCC1CCOCC1. The van der Waals surface area contributed by atoms with E-state index in [0.717, 1.165) is 37.3 Å². The van der Waals surface area contributed by atoms with E-state index in [4.69, 9.17) is 10.00 Å². The number of carbonyl (C=O) groups is 1. The first kappa shape index (κ1) is 19.8. The number of rotatable bonds is 6. The van der Waals surface area contributed by atoms with Crippen molar-refractivity contribution in [2.75, 3.05) is 25.1 Å². The molecule has 6 heteroatoms. The highest BCUT2D eigenvalue weighted by Crippen LogP contribution is 2.24. The van der Waals surface area contributed by atoms with Gasteiger partial charge in [0.15, 0.2) is 0 Å². The summed E-state index contributed by atoms with van der Waals surface area (Å²) in [5.41, 5.74) is 2.92. The maximum atomic E-state index is 12.7. The molecule has 0 aliphatic carbocycles. The van der Waals surface area contributed by atoms with Crippen molar-refractivity contribution in [1.82, 2.24) is 10.3 Å². The standard InChI is InChI=1S/C22H26N4O2/c1-15(2)19-11-21(26-18-5-3-4-17(10-18)12-23)24-14-20(19)22(27)25-13-16-6-8-28-9-7-16/h3-5,10-11,14-16H,6-9,13H2,1-2H3,(H,24,26)(H,25,27). The van der Waals surface area contributed by atoms with Crippen LogP contribution < -0.4 is 10.6 Å². The van der Waals surface area contributed by atoms with Crippen molar-refractivity contribution in [3.63, 3.8) is 0 Å². The molecule has 3 rings (SSSR count). The second kappa shape index (κ2) is 9.34. The molecule has 1 aliphatic heterocycles. The topological polar surface area (TPSA) is 87.0 Å². The van der Waals surface area contributed by atoms with Gasteiger partial charge in [0.1, 0.15) is 5.82 Å². The van der Waals surface area contributed by atoms with Gasteiger partial charge in [-0.15, -0.1) is 0 Å². The first-order valence-corrected chi connectivity index (χ1v) is 9.70. The molecule has 1 fully saturated rings. The van der Waals surface area contributed by atoms with Gasteiger partial charge in [0.05, 0.1) is 17.2 Å². The molecule has 1 aromatic heterocycles. The molecule has 0 radical (unpaired) electrons. The summed E-state index contributed by atoms with van der Waals surface area (Å²) in [6.45, 7) is 6.33. The van der Waals surface area contributed by atoms with Crippen LogP contribution in [0.4, 0.5) is 11.5 Å². The zero-order valence-corrected chi connectivity index (χ0v) is 16.4. The fraction of sp³-hybridized carbons (Fsp3) is 0.409. The molecule has 0 bridgehead atoms. The molecular weight excluding hydrogens is 352 g/mol. The third-order valence-corrected chi connectivity index (χ3v) is 4.96. The molecule has 2 heterocycles. The molecule has 6 nitrogen and oxygen atoms in total. The van der Waals surface area contributed by atoms with Crippen LogP contribution in [-0.4, -0.2) is 30.6 Å². The minimum absolute atomic E-state index is 0.0827. The highest BCUT2D eigenvalue weighted by molar-refractivity contribution is 5.95. The third-order valence-electron chi connectivity index (χ3n) is 4.96. The maximum Gasteiger partial charge on any atom is 0.253 e. The molecular formula is C22H26N4O2. The number of amides is 1. The van der Waals surface area contributed by atoms with E-state index in [1.165, 1.54) is 0 Å². The van der Waals surface area contributed by atoms with Crippen LogP contribution in [0.3, 0.4) is 0 Å². The molecule has 1 aliphatic rings. The number of nitriles is 1. The molecule has 1 amide bonds. The van der Waals surface area contributed by atoms with Crippen LogP contribution in [-0.2, 0) is 4.74 Å². The van der Waals surface area contributed by atoms with E-state index in [2.05, 4.69) is 35.5 Å². The summed E-state index contributed by atoms with van der Waals surface area (Å²) in [4.78, 5) is 17.1. The van der Waals surface area contributed by atoms with Crippen LogP contribution in [0.25, 0.3) is 0 Å².